The number of hydrogen-bond donors (Lipinski definition) is 0. The first-order valence-corrected chi connectivity index (χ1v) is 6.62. The van der Waals surface area contributed by atoms with E-state index in [9.17, 15) is 4.79 Å². The van der Waals surface area contributed by atoms with E-state index in [4.69, 9.17) is 4.74 Å². The van der Waals surface area contributed by atoms with E-state index in [1.165, 1.54) is 0 Å². The van der Waals surface area contributed by atoms with Gasteiger partial charge in [-0.2, -0.15) is 0 Å². The molecule has 12 heavy (non-hydrogen) atoms. The van der Waals surface area contributed by atoms with E-state index >= 15 is 0 Å². The number of carbonyl (C=O) groups is 1. The summed E-state index contributed by atoms with van der Waals surface area (Å²) in [7, 11) is 0. The van der Waals surface area contributed by atoms with Gasteiger partial charge in [-0.05, 0) is 28.8 Å². The van der Waals surface area contributed by atoms with Crippen LogP contribution in [0.4, 0.5) is 0 Å². The quantitative estimate of drug-likeness (QED) is 0.496. The molecule has 1 rings (SSSR count). The van der Waals surface area contributed by atoms with Crippen molar-refractivity contribution in [1.29, 1.82) is 0 Å². The topological polar surface area (TPSA) is 26.3 Å². The first-order chi connectivity index (χ1) is 5.41. The number of esters is 1. The number of alkyl halides is 4. The van der Waals surface area contributed by atoms with Crippen molar-refractivity contribution in [2.45, 2.75) is 20.0 Å². The molecule has 0 radical (unpaired) electrons. The highest BCUT2D eigenvalue weighted by Gasteiger charge is 2.37. The fraction of sp³-hybridized carbons (Fsp3) is 0.833. The van der Waals surface area contributed by atoms with E-state index in [1.807, 2.05) is 0 Å². The molecular weight excluding hydrogens is 424 g/mol. The van der Waals surface area contributed by atoms with Gasteiger partial charge in [-0.15, -0.1) is 0 Å². The van der Waals surface area contributed by atoms with Crippen LogP contribution in [0.5, 0.6) is 0 Å². The average molecular weight is 430 g/mol. The second kappa shape index (κ2) is 4.28. The van der Waals surface area contributed by atoms with Crippen molar-refractivity contribution in [3.63, 3.8) is 0 Å². The van der Waals surface area contributed by atoms with Gasteiger partial charge in [0.15, 0.2) is 7.16 Å². The van der Waals surface area contributed by atoms with E-state index < -0.39 is 7.16 Å². The van der Waals surface area contributed by atoms with Crippen LogP contribution in [-0.4, -0.2) is 13.1 Å². The lowest BCUT2D eigenvalue weighted by molar-refractivity contribution is -0.145. The highest BCUT2D eigenvalue weighted by molar-refractivity contribution is 9.40. The van der Waals surface area contributed by atoms with Gasteiger partial charge in [-0.25, -0.2) is 0 Å². The summed E-state index contributed by atoms with van der Waals surface area (Å²) in [6, 6.07) is 0. The number of rotatable bonds is 2. The van der Waals surface area contributed by atoms with Gasteiger partial charge in [-0.3, -0.25) is 4.79 Å². The van der Waals surface area contributed by atoms with Gasteiger partial charge < -0.3 is 4.74 Å². The second-order valence-electron chi connectivity index (χ2n) is 2.57. The normalized spacial score (nSPS) is 20.3. The van der Waals surface area contributed by atoms with E-state index in [0.717, 1.165) is 12.8 Å². The van der Waals surface area contributed by atoms with Crippen LogP contribution in [0.3, 0.4) is 0 Å². The number of halogens is 4. The Labute approximate surface area is 104 Å². The van der Waals surface area contributed by atoms with E-state index in [-0.39, 0.29) is 11.9 Å². The summed E-state index contributed by atoms with van der Waals surface area (Å²) in [5.41, 5.74) is 0. The molecule has 0 aromatic carbocycles. The highest BCUT2D eigenvalue weighted by atomic mass is 80.0. The molecule has 0 aromatic rings. The number of hydrogen-bond acceptors (Lipinski definition) is 2. The Hall–Kier alpha value is 1.39. The molecule has 0 aliphatic heterocycles. The van der Waals surface area contributed by atoms with Gasteiger partial charge in [0, 0.05) is 0 Å². The zero-order chi connectivity index (χ0) is 9.35. The SMILES string of the molecule is O=C(OC(Br)C(Br)(Br)Br)C1CC1. The Morgan fingerprint density at radius 2 is 1.92 bits per heavy atom. The van der Waals surface area contributed by atoms with Gasteiger partial charge >= 0.3 is 5.97 Å². The summed E-state index contributed by atoms with van der Waals surface area (Å²) in [4.78, 5) is 11.1. The lowest BCUT2D eigenvalue weighted by Crippen LogP contribution is -2.24. The maximum absolute atomic E-state index is 11.1. The molecule has 0 amide bonds. The third-order valence-corrected chi connectivity index (χ3v) is 5.35. The average Bonchev–Trinajstić information content (AvgIpc) is 2.65. The molecular formula is C6H6Br4O2. The van der Waals surface area contributed by atoms with Crippen LogP contribution in [0.2, 0.25) is 0 Å². The minimum absolute atomic E-state index is 0.125. The summed E-state index contributed by atoms with van der Waals surface area (Å²) in [5, 5.41) is -0.418. The Bertz CT molecular complexity index is 184. The molecule has 0 bridgehead atoms. The third-order valence-electron chi connectivity index (χ3n) is 1.39. The number of carbonyl (C=O) groups excluding carboxylic acids is 1. The van der Waals surface area contributed by atoms with E-state index in [2.05, 4.69) is 63.7 Å². The van der Waals surface area contributed by atoms with Crippen molar-refractivity contribution >= 4 is 69.7 Å². The Morgan fingerprint density at radius 1 is 1.42 bits per heavy atom. The molecule has 1 unspecified atom stereocenters. The van der Waals surface area contributed by atoms with Crippen LogP contribution in [0.25, 0.3) is 0 Å². The van der Waals surface area contributed by atoms with Crippen LogP contribution in [-0.2, 0) is 9.53 Å². The smallest absolute Gasteiger partial charge is 0.310 e. The van der Waals surface area contributed by atoms with E-state index in [0.29, 0.717) is 0 Å². The zero-order valence-corrected chi connectivity index (χ0v) is 12.2. The molecule has 0 heterocycles. The first kappa shape index (κ1) is 11.5. The van der Waals surface area contributed by atoms with Gasteiger partial charge in [0.05, 0.1) is 5.92 Å². The fourth-order valence-electron chi connectivity index (χ4n) is 0.584. The molecule has 1 fully saturated rings. The van der Waals surface area contributed by atoms with E-state index in [1.54, 1.807) is 0 Å². The van der Waals surface area contributed by atoms with Crippen LogP contribution < -0.4 is 0 Å². The van der Waals surface area contributed by atoms with Crippen LogP contribution in [0.1, 0.15) is 12.8 Å². The standard InChI is InChI=1S/C6H6Br4O2/c7-5(6(8,9)10)12-4(11)3-1-2-3/h3,5H,1-2H2. The monoisotopic (exact) mass is 426 g/mol. The van der Waals surface area contributed by atoms with Gasteiger partial charge in [0.25, 0.3) is 0 Å². The van der Waals surface area contributed by atoms with Crippen molar-refractivity contribution in [2.24, 2.45) is 5.92 Å². The molecule has 1 saturated carbocycles. The first-order valence-electron chi connectivity index (χ1n) is 3.32. The van der Waals surface area contributed by atoms with Crippen molar-refractivity contribution < 1.29 is 9.53 Å². The summed E-state index contributed by atoms with van der Waals surface area (Å²) in [5.74, 6) is -0.0144. The summed E-state index contributed by atoms with van der Waals surface area (Å²) in [6.07, 6.45) is 1.91. The van der Waals surface area contributed by atoms with Crippen molar-refractivity contribution in [2.75, 3.05) is 0 Å². The molecule has 0 aromatic heterocycles. The van der Waals surface area contributed by atoms with Crippen molar-refractivity contribution in [3.05, 3.63) is 0 Å². The Morgan fingerprint density at radius 3 is 2.25 bits per heavy atom. The zero-order valence-electron chi connectivity index (χ0n) is 5.90. The summed E-state index contributed by atoms with van der Waals surface area (Å²) < 4.78 is 4.49. The molecule has 1 aliphatic carbocycles. The maximum atomic E-state index is 11.1. The van der Waals surface area contributed by atoms with Crippen LogP contribution in [0, 0.1) is 5.92 Å². The molecule has 0 saturated heterocycles. The molecule has 0 spiro atoms. The summed E-state index contributed by atoms with van der Waals surface area (Å²) in [6.45, 7) is 0. The largest absolute Gasteiger partial charge is 0.447 e. The van der Waals surface area contributed by atoms with Gasteiger partial charge in [-0.1, -0.05) is 47.8 Å². The maximum Gasteiger partial charge on any atom is 0.310 e. The van der Waals surface area contributed by atoms with Crippen LogP contribution in [0.15, 0.2) is 0 Å². The minimum atomic E-state index is -0.586. The molecule has 1 atom stereocenters. The van der Waals surface area contributed by atoms with Crippen molar-refractivity contribution in [3.8, 4) is 0 Å². The third kappa shape index (κ3) is 3.64. The Kier molecular flexibility index (Phi) is 4.08. The molecule has 70 valence electrons. The molecule has 6 heteroatoms. The van der Waals surface area contributed by atoms with Crippen molar-refractivity contribution in [1.82, 2.24) is 0 Å². The molecule has 1 aliphatic rings. The fourth-order valence-corrected chi connectivity index (χ4v) is 1.05. The minimum Gasteiger partial charge on any atom is -0.447 e. The van der Waals surface area contributed by atoms with Gasteiger partial charge in [0.2, 0.25) is 0 Å². The van der Waals surface area contributed by atoms with Gasteiger partial charge in [0.1, 0.15) is 0 Å². The predicted octanol–water partition coefficient (Wildman–Crippen LogP) is 3.50. The lowest BCUT2D eigenvalue weighted by atomic mass is 10.4. The Balaban J connectivity index is 2.34. The number of ether oxygens (including phenoxy) is 1. The lowest BCUT2D eigenvalue weighted by Gasteiger charge is -2.19. The highest BCUT2D eigenvalue weighted by Crippen LogP contribution is 2.42. The molecule has 0 N–H and O–H groups in total. The predicted molar refractivity (Wildman–Crippen MR) is 61.0 cm³/mol. The second-order valence-corrected chi connectivity index (χ2v) is 10.3. The van der Waals surface area contributed by atoms with Crippen LogP contribution >= 0.6 is 63.7 Å². The molecule has 2 nitrogen and oxygen atoms in total. The summed E-state index contributed by atoms with van der Waals surface area (Å²) >= 11 is 13.0.